The molecule has 0 unspecified atom stereocenters. The van der Waals surface area contributed by atoms with Crippen LogP contribution in [0.2, 0.25) is 5.02 Å². The molecule has 0 aliphatic heterocycles. The lowest BCUT2D eigenvalue weighted by Gasteiger charge is -2.06. The lowest BCUT2D eigenvalue weighted by atomic mass is 10.1. The Morgan fingerprint density at radius 2 is 1.65 bits per heavy atom. The first-order valence-electron chi connectivity index (χ1n) is 5.34. The van der Waals surface area contributed by atoms with Gasteiger partial charge in [0.2, 0.25) is 0 Å². The van der Waals surface area contributed by atoms with Crippen LogP contribution in [0, 0.1) is 0 Å². The number of hydrogen-bond donors (Lipinski definition) is 1. The minimum atomic E-state index is -0.0144. The van der Waals surface area contributed by atoms with Crippen molar-refractivity contribution in [3.63, 3.8) is 0 Å². The maximum Gasteiger partial charge on any atom is 0.183 e. The SMILES string of the molecule is O=C(CNc1ccccc1)c1ccccc1Cl. The molecule has 2 rings (SSSR count). The van der Waals surface area contributed by atoms with Gasteiger partial charge in [-0.2, -0.15) is 0 Å². The van der Waals surface area contributed by atoms with Gasteiger partial charge in [-0.15, -0.1) is 0 Å². The normalized spacial score (nSPS) is 9.94. The summed E-state index contributed by atoms with van der Waals surface area (Å²) in [5, 5.41) is 3.55. The first-order chi connectivity index (χ1) is 8.27. The van der Waals surface area contributed by atoms with Crippen LogP contribution in [0.25, 0.3) is 0 Å². The number of rotatable bonds is 4. The molecule has 2 nitrogen and oxygen atoms in total. The van der Waals surface area contributed by atoms with Crippen molar-refractivity contribution in [2.45, 2.75) is 0 Å². The average molecular weight is 246 g/mol. The van der Waals surface area contributed by atoms with Crippen LogP contribution in [0.15, 0.2) is 54.6 Å². The Bertz CT molecular complexity index is 511. The molecule has 86 valence electrons. The number of carbonyl (C=O) groups excluding carboxylic acids is 1. The minimum absolute atomic E-state index is 0.0144. The summed E-state index contributed by atoms with van der Waals surface area (Å²) in [6, 6.07) is 16.7. The predicted molar refractivity (Wildman–Crippen MR) is 70.7 cm³/mol. The van der Waals surface area contributed by atoms with Crippen LogP contribution >= 0.6 is 11.6 Å². The van der Waals surface area contributed by atoms with Gasteiger partial charge in [0.15, 0.2) is 5.78 Å². The fraction of sp³-hybridized carbons (Fsp3) is 0.0714. The first-order valence-corrected chi connectivity index (χ1v) is 5.72. The van der Waals surface area contributed by atoms with E-state index in [4.69, 9.17) is 11.6 Å². The van der Waals surface area contributed by atoms with Crippen molar-refractivity contribution in [2.75, 3.05) is 11.9 Å². The number of hydrogen-bond acceptors (Lipinski definition) is 2. The largest absolute Gasteiger partial charge is 0.378 e. The van der Waals surface area contributed by atoms with Crippen molar-refractivity contribution in [3.05, 3.63) is 65.2 Å². The second-order valence-electron chi connectivity index (χ2n) is 3.62. The van der Waals surface area contributed by atoms with Crippen LogP contribution in [0.1, 0.15) is 10.4 Å². The van der Waals surface area contributed by atoms with Crippen molar-refractivity contribution in [2.24, 2.45) is 0 Å². The molecule has 0 aliphatic carbocycles. The summed E-state index contributed by atoms with van der Waals surface area (Å²) in [5.41, 5.74) is 1.48. The molecule has 0 radical (unpaired) electrons. The van der Waals surface area contributed by atoms with Crippen LogP contribution in [0.5, 0.6) is 0 Å². The number of carbonyl (C=O) groups is 1. The Balaban J connectivity index is 2.01. The van der Waals surface area contributed by atoms with Crippen molar-refractivity contribution in [1.29, 1.82) is 0 Å². The van der Waals surface area contributed by atoms with E-state index in [1.54, 1.807) is 12.1 Å². The molecule has 0 spiro atoms. The lowest BCUT2D eigenvalue weighted by Crippen LogP contribution is -2.14. The number of nitrogens with one attached hydrogen (secondary N) is 1. The fourth-order valence-electron chi connectivity index (χ4n) is 1.52. The van der Waals surface area contributed by atoms with Crippen LogP contribution in [0.3, 0.4) is 0 Å². The summed E-state index contributed by atoms with van der Waals surface area (Å²) in [5.74, 6) is -0.0144. The highest BCUT2D eigenvalue weighted by atomic mass is 35.5. The molecule has 2 aromatic carbocycles. The Labute approximate surface area is 105 Å². The van der Waals surface area contributed by atoms with Crippen LogP contribution < -0.4 is 5.32 Å². The van der Waals surface area contributed by atoms with Gasteiger partial charge in [-0.05, 0) is 24.3 Å². The topological polar surface area (TPSA) is 29.1 Å². The summed E-state index contributed by atoms with van der Waals surface area (Å²) in [6.45, 7) is 0.244. The summed E-state index contributed by atoms with van der Waals surface area (Å²) >= 11 is 5.95. The molecule has 0 bridgehead atoms. The van der Waals surface area contributed by atoms with Crippen LogP contribution in [-0.2, 0) is 0 Å². The standard InChI is InChI=1S/C14H12ClNO/c15-13-9-5-4-8-12(13)14(17)10-16-11-6-2-1-3-7-11/h1-9,16H,10H2. The number of ketones is 1. The molecular weight excluding hydrogens is 234 g/mol. The van der Waals surface area contributed by atoms with E-state index in [0.717, 1.165) is 5.69 Å². The molecule has 2 aromatic rings. The maximum absolute atomic E-state index is 11.9. The second kappa shape index (κ2) is 5.51. The zero-order chi connectivity index (χ0) is 12.1. The molecule has 1 N–H and O–H groups in total. The van der Waals surface area contributed by atoms with Gasteiger partial charge in [0.1, 0.15) is 0 Å². The molecule has 3 heteroatoms. The Morgan fingerprint density at radius 1 is 1.00 bits per heavy atom. The van der Waals surface area contributed by atoms with Gasteiger partial charge >= 0.3 is 0 Å². The van der Waals surface area contributed by atoms with E-state index in [9.17, 15) is 4.79 Å². The molecular formula is C14H12ClNO. The van der Waals surface area contributed by atoms with E-state index in [1.165, 1.54) is 0 Å². The van der Waals surface area contributed by atoms with Crippen LogP contribution in [0.4, 0.5) is 5.69 Å². The van der Waals surface area contributed by atoms with E-state index in [0.29, 0.717) is 10.6 Å². The molecule has 0 atom stereocenters. The monoisotopic (exact) mass is 245 g/mol. The van der Waals surface area contributed by atoms with Crippen molar-refractivity contribution < 1.29 is 4.79 Å². The summed E-state index contributed by atoms with van der Waals surface area (Å²) in [7, 11) is 0. The highest BCUT2D eigenvalue weighted by Crippen LogP contribution is 2.15. The third-order valence-corrected chi connectivity index (χ3v) is 2.73. The molecule has 0 aliphatic rings. The smallest absolute Gasteiger partial charge is 0.183 e. The Hall–Kier alpha value is -1.80. The summed E-state index contributed by atoms with van der Waals surface area (Å²) in [6.07, 6.45) is 0. The molecule has 0 aromatic heterocycles. The van der Waals surface area contributed by atoms with E-state index >= 15 is 0 Å². The van der Waals surface area contributed by atoms with Gasteiger partial charge in [-0.1, -0.05) is 41.9 Å². The summed E-state index contributed by atoms with van der Waals surface area (Å²) < 4.78 is 0. The third kappa shape index (κ3) is 3.08. The number of Topliss-reactive ketones (excluding diaryl/α,β-unsaturated/α-hetero) is 1. The van der Waals surface area contributed by atoms with Crippen molar-refractivity contribution in [3.8, 4) is 0 Å². The lowest BCUT2D eigenvalue weighted by molar-refractivity contribution is 0.101. The van der Waals surface area contributed by atoms with Gasteiger partial charge in [0.05, 0.1) is 11.6 Å². The zero-order valence-corrected chi connectivity index (χ0v) is 9.95. The molecule has 0 amide bonds. The second-order valence-corrected chi connectivity index (χ2v) is 4.03. The molecule has 0 heterocycles. The highest BCUT2D eigenvalue weighted by molar-refractivity contribution is 6.34. The van der Waals surface area contributed by atoms with Crippen molar-refractivity contribution >= 4 is 23.1 Å². The highest BCUT2D eigenvalue weighted by Gasteiger charge is 2.08. The van der Waals surface area contributed by atoms with Gasteiger partial charge in [-0.25, -0.2) is 0 Å². The van der Waals surface area contributed by atoms with E-state index < -0.39 is 0 Å². The van der Waals surface area contributed by atoms with E-state index in [2.05, 4.69) is 5.32 Å². The Kier molecular flexibility index (Phi) is 3.78. The number of anilines is 1. The van der Waals surface area contributed by atoms with Gasteiger partial charge < -0.3 is 5.32 Å². The first kappa shape index (κ1) is 11.7. The van der Waals surface area contributed by atoms with E-state index in [1.807, 2.05) is 42.5 Å². The number of benzene rings is 2. The fourth-order valence-corrected chi connectivity index (χ4v) is 1.76. The van der Waals surface area contributed by atoms with Crippen molar-refractivity contribution in [1.82, 2.24) is 0 Å². The zero-order valence-electron chi connectivity index (χ0n) is 9.19. The van der Waals surface area contributed by atoms with Gasteiger partial charge in [0.25, 0.3) is 0 Å². The maximum atomic E-state index is 11.9. The number of halogens is 1. The van der Waals surface area contributed by atoms with Gasteiger partial charge in [0, 0.05) is 11.3 Å². The molecule has 0 saturated carbocycles. The predicted octanol–water partition coefficient (Wildman–Crippen LogP) is 3.63. The minimum Gasteiger partial charge on any atom is -0.378 e. The Morgan fingerprint density at radius 3 is 2.35 bits per heavy atom. The molecule has 17 heavy (non-hydrogen) atoms. The quantitative estimate of drug-likeness (QED) is 0.834. The van der Waals surface area contributed by atoms with E-state index in [-0.39, 0.29) is 12.3 Å². The molecule has 0 saturated heterocycles. The number of para-hydroxylation sites is 1. The third-order valence-electron chi connectivity index (χ3n) is 2.40. The molecule has 0 fully saturated rings. The van der Waals surface area contributed by atoms with Crippen LogP contribution in [-0.4, -0.2) is 12.3 Å². The summed E-state index contributed by atoms with van der Waals surface area (Å²) in [4.78, 5) is 11.9. The average Bonchev–Trinajstić information content (AvgIpc) is 2.38. The van der Waals surface area contributed by atoms with Gasteiger partial charge in [-0.3, -0.25) is 4.79 Å².